The average Bonchev–Trinajstić information content (AvgIpc) is 2.93. The number of hydrogen-bond donors (Lipinski definition) is 1. The standard InChI is InChI=1S/C20H28O3/c1-14(13-21)16-10-11-17-18(9-6-12-20(16,17)2)23-19(22)15-7-4-3-5-8-15/h3-5,7-8,14,16-18,21H,6,9-13H2,1-2H3/t14-,16+,17-,18?,20+/m0/s1. The molecule has 0 amide bonds. The molecule has 3 rings (SSSR count). The van der Waals surface area contributed by atoms with Gasteiger partial charge in [-0.25, -0.2) is 4.79 Å². The van der Waals surface area contributed by atoms with Crippen molar-refractivity contribution < 1.29 is 14.6 Å². The van der Waals surface area contributed by atoms with Crippen molar-refractivity contribution in [3.05, 3.63) is 35.9 Å². The minimum atomic E-state index is -0.196. The van der Waals surface area contributed by atoms with E-state index in [0.29, 0.717) is 23.3 Å². The van der Waals surface area contributed by atoms with Crippen LogP contribution in [0.2, 0.25) is 0 Å². The van der Waals surface area contributed by atoms with Gasteiger partial charge >= 0.3 is 5.97 Å². The van der Waals surface area contributed by atoms with Crippen LogP contribution in [0.1, 0.15) is 56.3 Å². The van der Waals surface area contributed by atoms with E-state index in [1.54, 1.807) is 0 Å². The van der Waals surface area contributed by atoms with Crippen LogP contribution in [0, 0.1) is 23.2 Å². The van der Waals surface area contributed by atoms with Crippen LogP contribution < -0.4 is 0 Å². The van der Waals surface area contributed by atoms with Gasteiger partial charge in [-0.05, 0) is 61.5 Å². The molecule has 2 fully saturated rings. The van der Waals surface area contributed by atoms with Crippen LogP contribution in [-0.4, -0.2) is 23.8 Å². The van der Waals surface area contributed by atoms with E-state index in [9.17, 15) is 9.90 Å². The molecule has 0 spiro atoms. The first kappa shape index (κ1) is 16.5. The number of rotatable bonds is 4. The molecule has 1 unspecified atom stereocenters. The molecule has 0 saturated heterocycles. The lowest BCUT2D eigenvalue weighted by molar-refractivity contribution is -0.0498. The van der Waals surface area contributed by atoms with Gasteiger partial charge in [0.1, 0.15) is 6.10 Å². The Hall–Kier alpha value is -1.35. The maximum Gasteiger partial charge on any atom is 0.338 e. The Balaban J connectivity index is 1.74. The number of benzene rings is 1. The molecule has 126 valence electrons. The van der Waals surface area contributed by atoms with Crippen LogP contribution in [-0.2, 0) is 4.74 Å². The molecule has 0 bridgehead atoms. The molecule has 2 saturated carbocycles. The minimum absolute atomic E-state index is 0.0253. The highest BCUT2D eigenvalue weighted by Gasteiger charge is 2.53. The third-order valence-corrected chi connectivity index (χ3v) is 6.38. The molecule has 5 atom stereocenters. The molecule has 2 aliphatic carbocycles. The van der Waals surface area contributed by atoms with Gasteiger partial charge in [-0.1, -0.05) is 32.0 Å². The Morgan fingerprint density at radius 2 is 2.04 bits per heavy atom. The summed E-state index contributed by atoms with van der Waals surface area (Å²) < 4.78 is 5.92. The second kappa shape index (κ2) is 6.64. The summed E-state index contributed by atoms with van der Waals surface area (Å²) in [5, 5.41) is 9.57. The molecule has 1 aromatic carbocycles. The monoisotopic (exact) mass is 316 g/mol. The van der Waals surface area contributed by atoms with Gasteiger partial charge in [-0.2, -0.15) is 0 Å². The minimum Gasteiger partial charge on any atom is -0.458 e. The Labute approximate surface area is 139 Å². The van der Waals surface area contributed by atoms with Gasteiger partial charge in [0.05, 0.1) is 5.56 Å². The maximum absolute atomic E-state index is 12.4. The molecule has 0 aliphatic heterocycles. The van der Waals surface area contributed by atoms with Gasteiger partial charge in [-0.15, -0.1) is 0 Å². The lowest BCUT2D eigenvalue weighted by Crippen LogP contribution is -2.43. The number of hydrogen-bond acceptors (Lipinski definition) is 3. The van der Waals surface area contributed by atoms with Crippen molar-refractivity contribution >= 4 is 5.97 Å². The van der Waals surface area contributed by atoms with E-state index in [1.807, 2.05) is 30.3 Å². The van der Waals surface area contributed by atoms with Gasteiger partial charge in [0.25, 0.3) is 0 Å². The summed E-state index contributed by atoms with van der Waals surface area (Å²) in [4.78, 5) is 12.4. The van der Waals surface area contributed by atoms with Gasteiger partial charge in [-0.3, -0.25) is 0 Å². The highest BCUT2D eigenvalue weighted by molar-refractivity contribution is 5.89. The van der Waals surface area contributed by atoms with Crippen molar-refractivity contribution in [2.75, 3.05) is 6.61 Å². The fourth-order valence-electron chi connectivity index (χ4n) is 5.14. The summed E-state index contributed by atoms with van der Waals surface area (Å²) in [6, 6.07) is 9.28. The summed E-state index contributed by atoms with van der Waals surface area (Å²) in [6.45, 7) is 4.75. The van der Waals surface area contributed by atoms with Gasteiger partial charge in [0, 0.05) is 12.5 Å². The van der Waals surface area contributed by atoms with Gasteiger partial charge < -0.3 is 9.84 Å². The average molecular weight is 316 g/mol. The molecule has 2 aliphatic rings. The number of aliphatic hydroxyl groups excluding tert-OH is 1. The van der Waals surface area contributed by atoms with E-state index in [4.69, 9.17) is 4.74 Å². The first-order valence-corrected chi connectivity index (χ1v) is 8.93. The molecular formula is C20H28O3. The zero-order valence-electron chi connectivity index (χ0n) is 14.2. The number of esters is 1. The Bertz CT molecular complexity index is 541. The SMILES string of the molecule is C[C@@H](CO)[C@H]1CC[C@H]2C(OC(=O)c3ccccc3)CCC[C@]12C. The molecule has 1 aromatic rings. The number of ether oxygens (including phenoxy) is 1. The number of carbonyl (C=O) groups is 1. The Morgan fingerprint density at radius 3 is 2.74 bits per heavy atom. The van der Waals surface area contributed by atoms with E-state index in [2.05, 4.69) is 13.8 Å². The number of carbonyl (C=O) groups excluding carboxylic acids is 1. The first-order valence-electron chi connectivity index (χ1n) is 8.93. The van der Waals surface area contributed by atoms with Crippen molar-refractivity contribution in [2.24, 2.45) is 23.2 Å². The Morgan fingerprint density at radius 1 is 1.30 bits per heavy atom. The summed E-state index contributed by atoms with van der Waals surface area (Å²) in [5.74, 6) is 1.10. The second-order valence-electron chi connectivity index (χ2n) is 7.66. The lowest BCUT2D eigenvalue weighted by atomic mass is 9.62. The largest absolute Gasteiger partial charge is 0.458 e. The second-order valence-corrected chi connectivity index (χ2v) is 7.66. The van der Waals surface area contributed by atoms with Crippen LogP contribution in [0.5, 0.6) is 0 Å². The molecular weight excluding hydrogens is 288 g/mol. The maximum atomic E-state index is 12.4. The van der Waals surface area contributed by atoms with E-state index >= 15 is 0 Å². The fourth-order valence-corrected chi connectivity index (χ4v) is 5.14. The number of fused-ring (bicyclic) bond motifs is 1. The van der Waals surface area contributed by atoms with E-state index < -0.39 is 0 Å². The van der Waals surface area contributed by atoms with Crippen LogP contribution in [0.4, 0.5) is 0 Å². The molecule has 0 heterocycles. The van der Waals surface area contributed by atoms with Crippen LogP contribution in [0.25, 0.3) is 0 Å². The molecule has 0 radical (unpaired) electrons. The highest BCUT2D eigenvalue weighted by atomic mass is 16.5. The smallest absolute Gasteiger partial charge is 0.338 e. The molecule has 3 nitrogen and oxygen atoms in total. The zero-order valence-corrected chi connectivity index (χ0v) is 14.2. The summed E-state index contributed by atoms with van der Waals surface area (Å²) in [5.41, 5.74) is 0.834. The van der Waals surface area contributed by atoms with E-state index in [1.165, 1.54) is 6.42 Å². The molecule has 3 heteroatoms. The molecule has 1 N–H and O–H groups in total. The van der Waals surface area contributed by atoms with Crippen molar-refractivity contribution in [3.63, 3.8) is 0 Å². The predicted octanol–water partition coefficient (Wildman–Crippen LogP) is 4.06. The van der Waals surface area contributed by atoms with Crippen molar-refractivity contribution in [1.82, 2.24) is 0 Å². The highest BCUT2D eigenvalue weighted by Crippen LogP contribution is 2.58. The third kappa shape index (κ3) is 3.03. The quantitative estimate of drug-likeness (QED) is 0.852. The third-order valence-electron chi connectivity index (χ3n) is 6.38. The van der Waals surface area contributed by atoms with Crippen LogP contribution in [0.3, 0.4) is 0 Å². The van der Waals surface area contributed by atoms with Gasteiger partial charge in [0.15, 0.2) is 0 Å². The zero-order chi connectivity index (χ0) is 16.4. The topological polar surface area (TPSA) is 46.5 Å². The predicted molar refractivity (Wildman–Crippen MR) is 90.1 cm³/mol. The molecule has 23 heavy (non-hydrogen) atoms. The van der Waals surface area contributed by atoms with Crippen LogP contribution >= 0.6 is 0 Å². The fraction of sp³-hybridized carbons (Fsp3) is 0.650. The van der Waals surface area contributed by atoms with Crippen LogP contribution in [0.15, 0.2) is 30.3 Å². The summed E-state index contributed by atoms with van der Waals surface area (Å²) in [7, 11) is 0. The van der Waals surface area contributed by atoms with Crippen molar-refractivity contribution in [3.8, 4) is 0 Å². The number of aliphatic hydroxyl groups is 1. The first-order chi connectivity index (χ1) is 11.1. The normalized spacial score (nSPS) is 34.7. The van der Waals surface area contributed by atoms with Gasteiger partial charge in [0.2, 0.25) is 0 Å². The van der Waals surface area contributed by atoms with Crippen molar-refractivity contribution in [1.29, 1.82) is 0 Å². The summed E-state index contributed by atoms with van der Waals surface area (Å²) in [6.07, 6.45) is 5.54. The Kier molecular flexibility index (Phi) is 4.77. The summed E-state index contributed by atoms with van der Waals surface area (Å²) >= 11 is 0. The van der Waals surface area contributed by atoms with Crippen molar-refractivity contribution in [2.45, 2.75) is 52.1 Å². The van der Waals surface area contributed by atoms with E-state index in [-0.39, 0.29) is 24.1 Å². The molecule has 0 aromatic heterocycles. The lowest BCUT2D eigenvalue weighted by Gasteiger charge is -2.46. The van der Waals surface area contributed by atoms with E-state index in [0.717, 1.165) is 25.7 Å².